The molecule has 0 spiro atoms. The molecule has 0 aliphatic heterocycles. The van der Waals surface area contributed by atoms with Gasteiger partial charge in [-0.05, 0) is 41.8 Å². The molecule has 0 unspecified atom stereocenters. The lowest BCUT2D eigenvalue weighted by Gasteiger charge is -2.14. The minimum Gasteiger partial charge on any atom is -0.286 e. The normalized spacial score (nSPS) is 12.0. The van der Waals surface area contributed by atoms with E-state index in [0.29, 0.717) is 15.7 Å². The largest absolute Gasteiger partial charge is 0.416 e. The quantitative estimate of drug-likeness (QED) is 0.406. The monoisotopic (exact) mass is 470 g/mol. The molecule has 0 bridgehead atoms. The predicted molar refractivity (Wildman–Crippen MR) is 117 cm³/mol. The van der Waals surface area contributed by atoms with Crippen LogP contribution < -0.4 is 16.8 Å². The predicted octanol–water partition coefficient (Wildman–Crippen LogP) is 3.29. The maximum Gasteiger partial charge on any atom is 0.416 e. The maximum absolute atomic E-state index is 13.4. The first-order valence-electron chi connectivity index (χ1n) is 9.62. The van der Waals surface area contributed by atoms with Gasteiger partial charge in [0.1, 0.15) is 10.3 Å². The number of hydrogen-bond donors (Lipinski definition) is 0. The summed E-state index contributed by atoms with van der Waals surface area (Å²) < 4.78 is 43.1. The van der Waals surface area contributed by atoms with Crippen LogP contribution in [0.1, 0.15) is 11.3 Å². The third-order valence-electron chi connectivity index (χ3n) is 5.13. The van der Waals surface area contributed by atoms with E-state index in [-0.39, 0.29) is 28.2 Å². The Kier molecular flexibility index (Phi) is 4.78. The molecule has 33 heavy (non-hydrogen) atoms. The van der Waals surface area contributed by atoms with Crippen LogP contribution in [0.25, 0.3) is 21.6 Å². The molecule has 11 heteroatoms. The summed E-state index contributed by atoms with van der Waals surface area (Å²) in [7, 11) is 0. The molecule has 4 heterocycles. The molecule has 166 valence electrons. The minimum atomic E-state index is -4.64. The van der Waals surface area contributed by atoms with Gasteiger partial charge in [0.25, 0.3) is 11.1 Å². The van der Waals surface area contributed by atoms with E-state index in [1.54, 1.807) is 35.8 Å². The van der Waals surface area contributed by atoms with E-state index in [4.69, 9.17) is 0 Å². The SMILES string of the molecule is O=c1c2sccc2n(Cc2cc(=O)n3ccccc3n2)c(=O)n1-c1cccc(C(F)(F)F)c1. The molecule has 5 aromatic rings. The molecular weight excluding hydrogens is 457 g/mol. The van der Waals surface area contributed by atoms with Gasteiger partial charge in [-0.3, -0.25) is 18.6 Å². The smallest absolute Gasteiger partial charge is 0.286 e. The molecule has 5 rings (SSSR count). The molecule has 0 N–H and O–H groups in total. The third-order valence-corrected chi connectivity index (χ3v) is 6.02. The zero-order valence-corrected chi connectivity index (χ0v) is 17.4. The number of alkyl halides is 3. The Bertz CT molecular complexity index is 1710. The lowest BCUT2D eigenvalue weighted by atomic mass is 10.2. The van der Waals surface area contributed by atoms with Crippen molar-refractivity contribution >= 4 is 27.2 Å². The van der Waals surface area contributed by atoms with Gasteiger partial charge < -0.3 is 0 Å². The highest BCUT2D eigenvalue weighted by Crippen LogP contribution is 2.30. The summed E-state index contributed by atoms with van der Waals surface area (Å²) in [6, 6.07) is 11.9. The second-order valence-corrected chi connectivity index (χ2v) is 8.12. The van der Waals surface area contributed by atoms with Crippen molar-refractivity contribution in [1.29, 1.82) is 0 Å². The van der Waals surface area contributed by atoms with Crippen molar-refractivity contribution in [3.05, 3.63) is 109 Å². The lowest BCUT2D eigenvalue weighted by molar-refractivity contribution is -0.137. The van der Waals surface area contributed by atoms with Gasteiger partial charge in [-0.15, -0.1) is 11.3 Å². The number of halogens is 3. The average Bonchev–Trinajstić information content (AvgIpc) is 3.27. The van der Waals surface area contributed by atoms with Crippen LogP contribution in [-0.2, 0) is 12.7 Å². The summed E-state index contributed by atoms with van der Waals surface area (Å²) in [5, 5.41) is 1.61. The van der Waals surface area contributed by atoms with E-state index in [2.05, 4.69) is 4.98 Å². The van der Waals surface area contributed by atoms with E-state index >= 15 is 0 Å². The fourth-order valence-electron chi connectivity index (χ4n) is 3.64. The Morgan fingerprint density at radius 2 is 1.79 bits per heavy atom. The number of hydrogen-bond acceptors (Lipinski definition) is 5. The van der Waals surface area contributed by atoms with E-state index in [9.17, 15) is 27.6 Å². The van der Waals surface area contributed by atoms with E-state index in [1.807, 2.05) is 0 Å². The number of rotatable bonds is 3. The van der Waals surface area contributed by atoms with Crippen LogP contribution in [0, 0.1) is 0 Å². The van der Waals surface area contributed by atoms with Crippen molar-refractivity contribution in [1.82, 2.24) is 18.5 Å². The molecule has 0 amide bonds. The molecule has 0 saturated heterocycles. The highest BCUT2D eigenvalue weighted by molar-refractivity contribution is 7.17. The summed E-state index contributed by atoms with van der Waals surface area (Å²) in [6.45, 7) is -0.147. The molecule has 0 radical (unpaired) electrons. The van der Waals surface area contributed by atoms with Crippen molar-refractivity contribution in [2.45, 2.75) is 12.7 Å². The van der Waals surface area contributed by atoms with Crippen LogP contribution in [0.4, 0.5) is 13.2 Å². The second-order valence-electron chi connectivity index (χ2n) is 7.21. The first-order chi connectivity index (χ1) is 15.7. The molecular formula is C22H13F3N4O3S. The molecule has 1 aromatic carbocycles. The van der Waals surface area contributed by atoms with Gasteiger partial charge in [0, 0.05) is 12.3 Å². The molecule has 7 nitrogen and oxygen atoms in total. The van der Waals surface area contributed by atoms with Crippen LogP contribution in [-0.4, -0.2) is 18.5 Å². The standard InChI is InChI=1S/C22H13F3N4O3S/c23-22(24,25)13-4-3-5-15(10-13)29-20(31)19-16(7-9-33-19)28(21(29)32)12-14-11-18(30)27-8-2-1-6-17(27)26-14/h1-11H,12H2. The maximum atomic E-state index is 13.4. The van der Waals surface area contributed by atoms with Gasteiger partial charge >= 0.3 is 11.9 Å². The Hall–Kier alpha value is -3.99. The average molecular weight is 470 g/mol. The van der Waals surface area contributed by atoms with Gasteiger partial charge in [0.15, 0.2) is 0 Å². The van der Waals surface area contributed by atoms with Crippen LogP contribution in [0.15, 0.2) is 80.6 Å². The fourth-order valence-corrected chi connectivity index (χ4v) is 4.46. The van der Waals surface area contributed by atoms with Crippen molar-refractivity contribution in [3.8, 4) is 5.69 Å². The molecule has 0 saturated carbocycles. The Labute approximate surface area is 186 Å². The van der Waals surface area contributed by atoms with Crippen LogP contribution in [0.5, 0.6) is 0 Å². The van der Waals surface area contributed by atoms with E-state index in [0.717, 1.165) is 29.5 Å². The number of benzene rings is 1. The van der Waals surface area contributed by atoms with Gasteiger partial charge in [-0.25, -0.2) is 14.3 Å². The zero-order chi connectivity index (χ0) is 23.3. The molecule has 0 atom stereocenters. The lowest BCUT2D eigenvalue weighted by Crippen LogP contribution is -2.39. The topological polar surface area (TPSA) is 78.4 Å². The molecule has 4 aromatic heterocycles. The first-order valence-corrected chi connectivity index (χ1v) is 10.5. The Balaban J connectivity index is 1.74. The van der Waals surface area contributed by atoms with Crippen molar-refractivity contribution in [2.24, 2.45) is 0 Å². The van der Waals surface area contributed by atoms with Crippen molar-refractivity contribution in [3.63, 3.8) is 0 Å². The van der Waals surface area contributed by atoms with Crippen molar-refractivity contribution in [2.75, 3.05) is 0 Å². The van der Waals surface area contributed by atoms with Gasteiger partial charge in [0.2, 0.25) is 0 Å². The Morgan fingerprint density at radius 3 is 2.58 bits per heavy atom. The number of thiophene rings is 1. The number of nitrogens with zero attached hydrogens (tertiary/aromatic N) is 4. The van der Waals surface area contributed by atoms with Crippen molar-refractivity contribution < 1.29 is 13.2 Å². The summed E-state index contributed by atoms with van der Waals surface area (Å²) in [4.78, 5) is 43.2. The van der Waals surface area contributed by atoms with E-state index in [1.165, 1.54) is 21.1 Å². The van der Waals surface area contributed by atoms with Crippen LogP contribution in [0.3, 0.4) is 0 Å². The van der Waals surface area contributed by atoms with Gasteiger partial charge in [-0.1, -0.05) is 12.1 Å². The van der Waals surface area contributed by atoms with Gasteiger partial charge in [-0.2, -0.15) is 13.2 Å². The second kappa shape index (κ2) is 7.55. The van der Waals surface area contributed by atoms with Crippen LogP contribution >= 0.6 is 11.3 Å². The summed E-state index contributed by atoms with van der Waals surface area (Å²) in [6.07, 6.45) is -3.08. The molecule has 0 aliphatic rings. The summed E-state index contributed by atoms with van der Waals surface area (Å²) >= 11 is 1.07. The first kappa shape index (κ1) is 20.9. The highest BCUT2D eigenvalue weighted by Gasteiger charge is 2.31. The third kappa shape index (κ3) is 3.55. The Morgan fingerprint density at radius 1 is 0.970 bits per heavy atom. The van der Waals surface area contributed by atoms with E-state index < -0.39 is 23.0 Å². The zero-order valence-electron chi connectivity index (χ0n) is 16.6. The molecule has 0 fully saturated rings. The van der Waals surface area contributed by atoms with Crippen LogP contribution in [0.2, 0.25) is 0 Å². The number of aromatic nitrogens is 4. The number of pyridine rings is 1. The molecule has 0 aliphatic carbocycles. The fraction of sp³-hybridized carbons (Fsp3) is 0.0909. The highest BCUT2D eigenvalue weighted by atomic mass is 32.1. The number of fused-ring (bicyclic) bond motifs is 2. The summed E-state index contributed by atoms with van der Waals surface area (Å²) in [5.74, 6) is 0. The minimum absolute atomic E-state index is 0.147. The van der Waals surface area contributed by atoms with Gasteiger partial charge in [0.05, 0.1) is 29.0 Å². The summed E-state index contributed by atoms with van der Waals surface area (Å²) in [5.41, 5.74) is -2.11.